The van der Waals surface area contributed by atoms with Gasteiger partial charge >= 0.3 is 6.18 Å². The fourth-order valence-corrected chi connectivity index (χ4v) is 1.94. The minimum absolute atomic E-state index is 0.260. The van der Waals surface area contributed by atoms with Crippen LogP contribution in [0.4, 0.5) is 17.6 Å². The van der Waals surface area contributed by atoms with Gasteiger partial charge in [0.1, 0.15) is 11.4 Å². The van der Waals surface area contributed by atoms with Crippen molar-refractivity contribution in [1.29, 1.82) is 0 Å². The van der Waals surface area contributed by atoms with Gasteiger partial charge in [-0.1, -0.05) is 24.3 Å². The first-order valence-electron chi connectivity index (χ1n) is 5.87. The first kappa shape index (κ1) is 14.5. The molecular formula is C15H12F4O. The fourth-order valence-electron chi connectivity index (χ4n) is 1.94. The van der Waals surface area contributed by atoms with Crippen LogP contribution in [0, 0.1) is 5.82 Å². The lowest BCUT2D eigenvalue weighted by atomic mass is 9.88. The standard InChI is InChI=1S/C15H12F4O/c1-14(20,12-3-2-4-13(16)9-12)10-5-7-11(8-6-10)15(17,18)19/h2-9,20H,1H3. The molecule has 2 aromatic rings. The van der Waals surface area contributed by atoms with Crippen LogP contribution < -0.4 is 0 Å². The second-order valence-corrected chi connectivity index (χ2v) is 4.66. The second-order valence-electron chi connectivity index (χ2n) is 4.66. The van der Waals surface area contributed by atoms with E-state index in [0.29, 0.717) is 0 Å². The molecule has 20 heavy (non-hydrogen) atoms. The smallest absolute Gasteiger partial charge is 0.381 e. The van der Waals surface area contributed by atoms with Gasteiger partial charge in [-0.3, -0.25) is 0 Å². The Bertz CT molecular complexity index is 600. The van der Waals surface area contributed by atoms with Gasteiger partial charge in [0.2, 0.25) is 0 Å². The molecule has 2 rings (SSSR count). The Kier molecular flexibility index (Phi) is 3.56. The highest BCUT2D eigenvalue weighted by atomic mass is 19.4. The molecule has 2 aromatic carbocycles. The summed E-state index contributed by atoms with van der Waals surface area (Å²) < 4.78 is 50.6. The number of rotatable bonds is 2. The van der Waals surface area contributed by atoms with E-state index in [0.717, 1.165) is 18.2 Å². The molecule has 0 saturated heterocycles. The molecular weight excluding hydrogens is 272 g/mol. The third-order valence-corrected chi connectivity index (χ3v) is 3.16. The van der Waals surface area contributed by atoms with Crippen molar-refractivity contribution in [2.75, 3.05) is 0 Å². The Labute approximate surface area is 113 Å². The van der Waals surface area contributed by atoms with E-state index in [1.165, 1.54) is 37.3 Å². The van der Waals surface area contributed by atoms with E-state index in [2.05, 4.69) is 0 Å². The number of benzene rings is 2. The molecule has 0 spiro atoms. The van der Waals surface area contributed by atoms with E-state index in [1.54, 1.807) is 0 Å². The summed E-state index contributed by atoms with van der Waals surface area (Å²) in [5.74, 6) is -0.519. The van der Waals surface area contributed by atoms with Gasteiger partial charge in [-0.15, -0.1) is 0 Å². The lowest BCUT2D eigenvalue weighted by Gasteiger charge is -2.25. The van der Waals surface area contributed by atoms with Crippen LogP contribution in [0.5, 0.6) is 0 Å². The average molecular weight is 284 g/mol. The quantitative estimate of drug-likeness (QED) is 0.823. The molecule has 1 unspecified atom stereocenters. The summed E-state index contributed by atoms with van der Waals surface area (Å²) in [5, 5.41) is 10.4. The van der Waals surface area contributed by atoms with Gasteiger partial charge in [0.15, 0.2) is 0 Å². The predicted octanol–water partition coefficient (Wildman–Crippen LogP) is 4.10. The van der Waals surface area contributed by atoms with Gasteiger partial charge in [0, 0.05) is 0 Å². The Balaban J connectivity index is 2.39. The molecule has 0 amide bonds. The van der Waals surface area contributed by atoms with Gasteiger partial charge in [-0.2, -0.15) is 13.2 Å². The number of alkyl halides is 3. The van der Waals surface area contributed by atoms with Crippen LogP contribution in [0.3, 0.4) is 0 Å². The molecule has 0 bridgehead atoms. The van der Waals surface area contributed by atoms with Crippen LogP contribution in [-0.4, -0.2) is 5.11 Å². The first-order chi connectivity index (χ1) is 9.21. The zero-order valence-corrected chi connectivity index (χ0v) is 10.6. The van der Waals surface area contributed by atoms with E-state index in [9.17, 15) is 22.7 Å². The monoisotopic (exact) mass is 284 g/mol. The Morgan fingerprint density at radius 1 is 0.850 bits per heavy atom. The number of aliphatic hydroxyl groups is 1. The van der Waals surface area contributed by atoms with E-state index in [-0.39, 0.29) is 11.1 Å². The molecule has 1 atom stereocenters. The van der Waals surface area contributed by atoms with Crippen LogP contribution in [0.25, 0.3) is 0 Å². The molecule has 1 nitrogen and oxygen atoms in total. The van der Waals surface area contributed by atoms with Crippen molar-refractivity contribution >= 4 is 0 Å². The normalized spacial score (nSPS) is 14.9. The Morgan fingerprint density at radius 3 is 1.90 bits per heavy atom. The van der Waals surface area contributed by atoms with E-state index in [4.69, 9.17) is 0 Å². The highest BCUT2D eigenvalue weighted by molar-refractivity contribution is 5.37. The van der Waals surface area contributed by atoms with Crippen molar-refractivity contribution < 1.29 is 22.7 Å². The van der Waals surface area contributed by atoms with E-state index < -0.39 is 23.2 Å². The molecule has 0 radical (unpaired) electrons. The van der Waals surface area contributed by atoms with Crippen LogP contribution in [-0.2, 0) is 11.8 Å². The number of hydrogen-bond acceptors (Lipinski definition) is 1. The van der Waals surface area contributed by atoms with E-state index >= 15 is 0 Å². The minimum Gasteiger partial charge on any atom is -0.381 e. The summed E-state index contributed by atoms with van der Waals surface area (Å²) in [4.78, 5) is 0. The third-order valence-electron chi connectivity index (χ3n) is 3.16. The van der Waals surface area contributed by atoms with Crippen molar-refractivity contribution in [3.05, 3.63) is 71.0 Å². The van der Waals surface area contributed by atoms with Crippen molar-refractivity contribution in [2.24, 2.45) is 0 Å². The van der Waals surface area contributed by atoms with Gasteiger partial charge < -0.3 is 5.11 Å². The van der Waals surface area contributed by atoms with Crippen LogP contribution in [0.2, 0.25) is 0 Å². The van der Waals surface area contributed by atoms with Crippen LogP contribution in [0.1, 0.15) is 23.6 Å². The largest absolute Gasteiger partial charge is 0.416 e. The molecule has 1 N–H and O–H groups in total. The molecule has 0 aliphatic carbocycles. The molecule has 106 valence electrons. The first-order valence-corrected chi connectivity index (χ1v) is 5.87. The fraction of sp³-hybridized carbons (Fsp3) is 0.200. The highest BCUT2D eigenvalue weighted by Gasteiger charge is 2.32. The Hall–Kier alpha value is -1.88. The molecule has 0 aromatic heterocycles. The summed E-state index contributed by atoms with van der Waals surface area (Å²) in [6, 6.07) is 9.49. The van der Waals surface area contributed by atoms with Gasteiger partial charge in [0.25, 0.3) is 0 Å². The van der Waals surface area contributed by atoms with Gasteiger partial charge in [-0.25, -0.2) is 4.39 Å². The number of halogens is 4. The zero-order chi connectivity index (χ0) is 15.0. The topological polar surface area (TPSA) is 20.2 Å². The molecule has 0 aliphatic rings. The van der Waals surface area contributed by atoms with Gasteiger partial charge in [0.05, 0.1) is 5.56 Å². The molecule has 0 saturated carbocycles. The van der Waals surface area contributed by atoms with E-state index in [1.807, 2.05) is 0 Å². The van der Waals surface area contributed by atoms with Crippen molar-refractivity contribution in [1.82, 2.24) is 0 Å². The van der Waals surface area contributed by atoms with Crippen LogP contribution in [0.15, 0.2) is 48.5 Å². The predicted molar refractivity (Wildman–Crippen MR) is 66.5 cm³/mol. The summed E-state index contributed by atoms with van der Waals surface area (Å²) >= 11 is 0. The maximum atomic E-state index is 13.2. The molecule has 0 heterocycles. The molecule has 5 heteroatoms. The summed E-state index contributed by atoms with van der Waals surface area (Å²) in [5.41, 5.74) is -1.82. The highest BCUT2D eigenvalue weighted by Crippen LogP contribution is 2.33. The molecule has 0 fully saturated rings. The summed E-state index contributed by atoms with van der Waals surface area (Å²) in [7, 11) is 0. The molecule has 0 aliphatic heterocycles. The van der Waals surface area contributed by atoms with Gasteiger partial charge in [-0.05, 0) is 42.3 Å². The van der Waals surface area contributed by atoms with Crippen molar-refractivity contribution in [2.45, 2.75) is 18.7 Å². The second kappa shape index (κ2) is 4.90. The maximum Gasteiger partial charge on any atom is 0.416 e. The maximum absolute atomic E-state index is 13.2. The van der Waals surface area contributed by atoms with Crippen LogP contribution >= 0.6 is 0 Å². The minimum atomic E-state index is -4.43. The lowest BCUT2D eigenvalue weighted by molar-refractivity contribution is -0.137. The SMILES string of the molecule is CC(O)(c1ccc(C(F)(F)F)cc1)c1cccc(F)c1. The number of hydrogen-bond donors (Lipinski definition) is 1. The summed E-state index contributed by atoms with van der Waals surface area (Å²) in [6.45, 7) is 1.41. The third kappa shape index (κ3) is 2.82. The van der Waals surface area contributed by atoms with Crippen molar-refractivity contribution in [3.8, 4) is 0 Å². The zero-order valence-electron chi connectivity index (χ0n) is 10.6. The Morgan fingerprint density at radius 2 is 1.40 bits per heavy atom. The summed E-state index contributed by atoms with van der Waals surface area (Å²) in [6.07, 6.45) is -4.43. The lowest BCUT2D eigenvalue weighted by Crippen LogP contribution is -2.23. The average Bonchev–Trinajstić information content (AvgIpc) is 2.38. The van der Waals surface area contributed by atoms with Crippen molar-refractivity contribution in [3.63, 3.8) is 0 Å².